The Bertz CT molecular complexity index is 988. The topological polar surface area (TPSA) is 113 Å². The number of hydrogen-bond acceptors (Lipinski definition) is 6. The molecule has 2 rings (SSSR count). The molecule has 0 spiro atoms. The molecule has 0 aliphatic rings. The van der Waals surface area contributed by atoms with E-state index >= 15 is 0 Å². The van der Waals surface area contributed by atoms with Crippen LogP contribution in [-0.2, 0) is 27.6 Å². The third-order valence-electron chi connectivity index (χ3n) is 4.02. The minimum absolute atomic E-state index is 0.151. The summed E-state index contributed by atoms with van der Waals surface area (Å²) in [6, 6.07) is 5.75. The van der Waals surface area contributed by atoms with E-state index in [2.05, 4.69) is 25.4 Å². The van der Waals surface area contributed by atoms with Crippen LogP contribution in [0.5, 0.6) is 11.5 Å². The van der Waals surface area contributed by atoms with E-state index in [-0.39, 0.29) is 21.9 Å². The fourth-order valence-corrected chi connectivity index (χ4v) is 4.42. The molecule has 0 fully saturated rings. The van der Waals surface area contributed by atoms with Crippen molar-refractivity contribution in [2.75, 3.05) is 11.8 Å². The number of anilines is 1. The number of halogens is 1. The molecular formula is C18H20BrNO6S. The van der Waals surface area contributed by atoms with E-state index in [0.29, 0.717) is 28.4 Å². The van der Waals surface area contributed by atoms with Gasteiger partial charge in [-0.2, -0.15) is 0 Å². The first-order valence-electron chi connectivity index (χ1n) is 8.12. The molecule has 27 heavy (non-hydrogen) atoms. The SMILES string of the molecule is CCc1cc(NS(=O)(=O)c2cc(Br)cc(CC)c2O)c(O)c(C(=O)OC)c1. The smallest absolute Gasteiger partial charge is 0.341 e. The molecule has 0 bridgehead atoms. The number of phenols is 2. The second-order valence-corrected chi connectivity index (χ2v) is 8.32. The number of phenolic OH excluding ortho intramolecular Hbond substituents is 2. The summed E-state index contributed by atoms with van der Waals surface area (Å²) in [7, 11) is -3.08. The molecule has 7 nitrogen and oxygen atoms in total. The van der Waals surface area contributed by atoms with Gasteiger partial charge in [0.1, 0.15) is 16.2 Å². The number of carbonyl (C=O) groups excluding carboxylic acids is 1. The van der Waals surface area contributed by atoms with E-state index in [0.717, 1.165) is 7.11 Å². The van der Waals surface area contributed by atoms with Gasteiger partial charge in [-0.25, -0.2) is 13.2 Å². The molecule has 0 saturated heterocycles. The number of carbonyl (C=O) groups is 1. The molecule has 9 heteroatoms. The molecule has 0 radical (unpaired) electrons. The zero-order chi connectivity index (χ0) is 20.4. The standard InChI is InChI=1S/C18H20BrNO6S/c1-4-10-6-13(18(23)26-3)17(22)14(7-10)20-27(24,25)15-9-12(19)8-11(5-2)16(15)21/h6-9,20-22H,4-5H2,1-3H3. The monoisotopic (exact) mass is 457 g/mol. The molecule has 2 aromatic carbocycles. The number of esters is 1. The van der Waals surface area contributed by atoms with Gasteiger partial charge >= 0.3 is 5.97 Å². The lowest BCUT2D eigenvalue weighted by Gasteiger charge is -2.15. The largest absolute Gasteiger partial charge is 0.506 e. The predicted octanol–water partition coefficient (Wildman–Crippen LogP) is 3.57. The quantitative estimate of drug-likeness (QED) is 0.451. The molecule has 3 N–H and O–H groups in total. The molecule has 0 unspecified atom stereocenters. The number of methoxy groups -OCH3 is 1. The molecular weight excluding hydrogens is 438 g/mol. The molecule has 0 saturated carbocycles. The van der Waals surface area contributed by atoms with Gasteiger partial charge < -0.3 is 14.9 Å². The second kappa shape index (κ2) is 8.18. The summed E-state index contributed by atoms with van der Waals surface area (Å²) >= 11 is 3.23. The van der Waals surface area contributed by atoms with Crippen molar-refractivity contribution in [3.8, 4) is 11.5 Å². The summed E-state index contributed by atoms with van der Waals surface area (Å²) in [6.07, 6.45) is 0.929. The maximum absolute atomic E-state index is 12.8. The van der Waals surface area contributed by atoms with Crippen LogP contribution in [0.2, 0.25) is 0 Å². The Morgan fingerprint density at radius 2 is 1.78 bits per heavy atom. The van der Waals surface area contributed by atoms with Gasteiger partial charge in [0, 0.05) is 4.47 Å². The van der Waals surface area contributed by atoms with Crippen LogP contribution in [0.1, 0.15) is 35.3 Å². The van der Waals surface area contributed by atoms with Gasteiger partial charge in [-0.05, 0) is 48.2 Å². The van der Waals surface area contributed by atoms with E-state index in [1.54, 1.807) is 13.0 Å². The first kappa shape index (κ1) is 21.0. The van der Waals surface area contributed by atoms with Crippen molar-refractivity contribution in [1.82, 2.24) is 0 Å². The summed E-state index contributed by atoms with van der Waals surface area (Å²) in [6.45, 7) is 3.60. The van der Waals surface area contributed by atoms with Crippen molar-refractivity contribution in [3.05, 3.63) is 45.4 Å². The maximum Gasteiger partial charge on any atom is 0.341 e. The number of ether oxygens (including phenoxy) is 1. The Balaban J connectivity index is 2.59. The zero-order valence-electron chi connectivity index (χ0n) is 15.0. The highest BCUT2D eigenvalue weighted by molar-refractivity contribution is 9.10. The number of benzene rings is 2. The van der Waals surface area contributed by atoms with Gasteiger partial charge in [0.05, 0.1) is 12.8 Å². The van der Waals surface area contributed by atoms with Crippen LogP contribution >= 0.6 is 15.9 Å². The van der Waals surface area contributed by atoms with Gasteiger partial charge in [-0.3, -0.25) is 4.72 Å². The normalized spacial score (nSPS) is 11.3. The molecule has 0 aromatic heterocycles. The van der Waals surface area contributed by atoms with Crippen LogP contribution in [-0.4, -0.2) is 31.7 Å². The third kappa shape index (κ3) is 4.36. The number of aromatic hydroxyl groups is 2. The van der Waals surface area contributed by atoms with Gasteiger partial charge in [0.15, 0.2) is 5.75 Å². The van der Waals surface area contributed by atoms with Crippen LogP contribution in [0, 0.1) is 0 Å². The summed E-state index contributed by atoms with van der Waals surface area (Å²) < 4.78 is 33.0. The average Bonchev–Trinajstić information content (AvgIpc) is 2.63. The minimum atomic E-state index is -4.24. The summed E-state index contributed by atoms with van der Waals surface area (Å²) in [4.78, 5) is 11.5. The van der Waals surface area contributed by atoms with Crippen molar-refractivity contribution < 1.29 is 28.2 Å². The third-order valence-corrected chi connectivity index (χ3v) is 5.85. The molecule has 2 aromatic rings. The summed E-state index contributed by atoms with van der Waals surface area (Å²) in [5, 5.41) is 20.6. The summed E-state index contributed by atoms with van der Waals surface area (Å²) in [5.41, 5.74) is 0.750. The van der Waals surface area contributed by atoms with Crippen molar-refractivity contribution >= 4 is 37.6 Å². The molecule has 0 amide bonds. The van der Waals surface area contributed by atoms with Crippen LogP contribution < -0.4 is 4.72 Å². The van der Waals surface area contributed by atoms with Crippen molar-refractivity contribution in [2.45, 2.75) is 31.6 Å². The minimum Gasteiger partial charge on any atom is -0.506 e. The van der Waals surface area contributed by atoms with Gasteiger partial charge in [-0.15, -0.1) is 0 Å². The van der Waals surface area contributed by atoms with Crippen molar-refractivity contribution in [2.24, 2.45) is 0 Å². The number of aryl methyl sites for hydroxylation is 2. The average molecular weight is 458 g/mol. The van der Waals surface area contributed by atoms with E-state index in [1.807, 2.05) is 6.92 Å². The Labute approximate surface area is 166 Å². The maximum atomic E-state index is 12.8. The Kier molecular flexibility index (Phi) is 6.38. The van der Waals surface area contributed by atoms with E-state index in [1.165, 1.54) is 18.2 Å². The highest BCUT2D eigenvalue weighted by Gasteiger charge is 2.25. The first-order valence-corrected chi connectivity index (χ1v) is 10.4. The first-order chi connectivity index (χ1) is 12.6. The lowest BCUT2D eigenvalue weighted by atomic mass is 10.1. The van der Waals surface area contributed by atoms with Gasteiger partial charge in [-0.1, -0.05) is 29.8 Å². The van der Waals surface area contributed by atoms with E-state index in [4.69, 9.17) is 0 Å². The van der Waals surface area contributed by atoms with Crippen LogP contribution in [0.3, 0.4) is 0 Å². The highest BCUT2D eigenvalue weighted by atomic mass is 79.9. The van der Waals surface area contributed by atoms with Crippen LogP contribution in [0.4, 0.5) is 5.69 Å². The number of rotatable bonds is 6. The molecule has 0 aliphatic carbocycles. The predicted molar refractivity (Wildman–Crippen MR) is 105 cm³/mol. The Morgan fingerprint density at radius 1 is 1.11 bits per heavy atom. The Hall–Kier alpha value is -2.26. The van der Waals surface area contributed by atoms with Gasteiger partial charge in [0.25, 0.3) is 10.0 Å². The molecule has 146 valence electrons. The van der Waals surface area contributed by atoms with Crippen molar-refractivity contribution in [1.29, 1.82) is 0 Å². The number of nitrogens with one attached hydrogen (secondary N) is 1. The van der Waals surface area contributed by atoms with Crippen LogP contribution in [0.25, 0.3) is 0 Å². The van der Waals surface area contributed by atoms with Crippen LogP contribution in [0.15, 0.2) is 33.6 Å². The summed E-state index contributed by atoms with van der Waals surface area (Å²) in [5.74, 6) is -1.71. The fourth-order valence-electron chi connectivity index (χ4n) is 2.54. The molecule has 0 atom stereocenters. The van der Waals surface area contributed by atoms with E-state index in [9.17, 15) is 23.4 Å². The second-order valence-electron chi connectivity index (χ2n) is 5.76. The fraction of sp³-hybridized carbons (Fsp3) is 0.278. The molecule has 0 aliphatic heterocycles. The van der Waals surface area contributed by atoms with Gasteiger partial charge in [0.2, 0.25) is 0 Å². The number of hydrogen-bond donors (Lipinski definition) is 3. The molecule has 0 heterocycles. The highest BCUT2D eigenvalue weighted by Crippen LogP contribution is 2.36. The van der Waals surface area contributed by atoms with E-state index < -0.39 is 21.7 Å². The van der Waals surface area contributed by atoms with Crippen molar-refractivity contribution in [3.63, 3.8) is 0 Å². The Morgan fingerprint density at radius 3 is 2.33 bits per heavy atom. The lowest BCUT2D eigenvalue weighted by molar-refractivity contribution is 0.0597. The zero-order valence-corrected chi connectivity index (χ0v) is 17.4. The lowest BCUT2D eigenvalue weighted by Crippen LogP contribution is -2.15. The number of sulfonamides is 1.